The minimum atomic E-state index is -1.18. The van der Waals surface area contributed by atoms with Gasteiger partial charge in [-0.3, -0.25) is 10.1 Å². The van der Waals surface area contributed by atoms with Crippen molar-refractivity contribution in [1.29, 1.82) is 0 Å². The molecule has 2 N–H and O–H groups in total. The van der Waals surface area contributed by atoms with Gasteiger partial charge in [-0.25, -0.2) is 9.59 Å². The summed E-state index contributed by atoms with van der Waals surface area (Å²) in [4.78, 5) is 35.8. The molecule has 0 bridgehead atoms. The van der Waals surface area contributed by atoms with Crippen molar-refractivity contribution in [3.63, 3.8) is 0 Å². The molecular weight excluding hydrogens is 352 g/mol. The molecule has 0 unspecified atom stereocenters. The fraction of sp³-hybridized carbons (Fsp3) is 0.438. The molecular formula is C16H19ClN2O6. The van der Waals surface area contributed by atoms with Crippen molar-refractivity contribution >= 4 is 29.5 Å². The van der Waals surface area contributed by atoms with Gasteiger partial charge in [-0.05, 0) is 39.8 Å². The molecule has 136 valence electrons. The van der Waals surface area contributed by atoms with E-state index in [-0.39, 0.29) is 17.4 Å². The third-order valence-corrected chi connectivity index (χ3v) is 3.32. The molecule has 1 aliphatic rings. The highest BCUT2D eigenvalue weighted by molar-refractivity contribution is 6.32. The van der Waals surface area contributed by atoms with Gasteiger partial charge in [0, 0.05) is 5.54 Å². The number of ether oxygens (including phenoxy) is 3. The summed E-state index contributed by atoms with van der Waals surface area (Å²) in [6.45, 7) is 6.67. The Morgan fingerprint density at radius 2 is 1.92 bits per heavy atom. The summed E-state index contributed by atoms with van der Waals surface area (Å²) < 4.78 is 15.4. The highest BCUT2D eigenvalue weighted by atomic mass is 35.5. The molecule has 0 fully saturated rings. The number of fused-ring (bicyclic) bond motifs is 1. The van der Waals surface area contributed by atoms with Gasteiger partial charge < -0.3 is 19.5 Å². The maximum Gasteiger partial charge on any atom is 0.339 e. The molecule has 0 saturated carbocycles. The van der Waals surface area contributed by atoms with Crippen molar-refractivity contribution in [3.05, 3.63) is 22.7 Å². The Bertz CT molecular complexity index is 713. The number of benzene rings is 1. The van der Waals surface area contributed by atoms with Crippen LogP contribution in [0.3, 0.4) is 0 Å². The summed E-state index contributed by atoms with van der Waals surface area (Å²) >= 11 is 6.00. The monoisotopic (exact) mass is 370 g/mol. The number of esters is 1. The molecule has 1 aromatic rings. The fourth-order valence-electron chi connectivity index (χ4n) is 1.95. The zero-order chi connectivity index (χ0) is 18.8. The van der Waals surface area contributed by atoms with Crippen molar-refractivity contribution in [3.8, 4) is 11.5 Å². The number of hydrogen-bond acceptors (Lipinski definition) is 6. The van der Waals surface area contributed by atoms with Crippen molar-refractivity contribution in [1.82, 2.24) is 10.6 Å². The Morgan fingerprint density at radius 3 is 2.56 bits per heavy atom. The first-order valence-corrected chi connectivity index (χ1v) is 7.88. The van der Waals surface area contributed by atoms with Crippen LogP contribution in [0, 0.1) is 0 Å². The van der Waals surface area contributed by atoms with E-state index in [1.165, 1.54) is 19.1 Å². The van der Waals surface area contributed by atoms with Crippen LogP contribution < -0.4 is 20.1 Å². The second-order valence-corrected chi connectivity index (χ2v) is 6.84. The Hall–Kier alpha value is -2.48. The van der Waals surface area contributed by atoms with Crippen LogP contribution in [0.4, 0.5) is 4.79 Å². The number of halogens is 1. The van der Waals surface area contributed by atoms with Gasteiger partial charge in [0.25, 0.3) is 5.91 Å². The van der Waals surface area contributed by atoms with Crippen LogP contribution in [0.5, 0.6) is 11.5 Å². The van der Waals surface area contributed by atoms with Crippen molar-refractivity contribution in [2.75, 3.05) is 6.79 Å². The van der Waals surface area contributed by atoms with Gasteiger partial charge >= 0.3 is 12.0 Å². The lowest BCUT2D eigenvalue weighted by Crippen LogP contribution is -2.50. The lowest BCUT2D eigenvalue weighted by molar-refractivity contribution is -0.127. The maximum absolute atomic E-state index is 12.2. The molecule has 2 rings (SSSR count). The van der Waals surface area contributed by atoms with Crippen LogP contribution in [0.15, 0.2) is 12.1 Å². The molecule has 0 radical (unpaired) electrons. The first-order valence-electron chi connectivity index (χ1n) is 7.50. The van der Waals surface area contributed by atoms with E-state index in [0.29, 0.717) is 11.5 Å². The van der Waals surface area contributed by atoms with Gasteiger partial charge in [0.1, 0.15) is 0 Å². The minimum absolute atomic E-state index is 0.00918. The van der Waals surface area contributed by atoms with Gasteiger partial charge in [-0.1, -0.05) is 11.6 Å². The first kappa shape index (κ1) is 18.9. The standard InChI is InChI=1S/C16H19ClN2O6/c1-8(13(20)18-15(22)19-16(2,3)4)25-14(21)9-5-10(17)12-11(6-9)23-7-24-12/h5-6,8H,7H2,1-4H3,(H2,18,19,20,22)/t8-/m0/s1. The van der Waals surface area contributed by atoms with Crippen LogP contribution in [-0.4, -0.2) is 36.3 Å². The van der Waals surface area contributed by atoms with Crippen molar-refractivity contribution in [2.45, 2.75) is 39.3 Å². The molecule has 0 aliphatic carbocycles. The van der Waals surface area contributed by atoms with E-state index in [9.17, 15) is 14.4 Å². The highest BCUT2D eigenvalue weighted by Gasteiger charge is 2.25. The maximum atomic E-state index is 12.2. The average Bonchev–Trinajstić information content (AvgIpc) is 2.93. The molecule has 1 aliphatic heterocycles. The second-order valence-electron chi connectivity index (χ2n) is 6.43. The van der Waals surface area contributed by atoms with Gasteiger partial charge in [0.2, 0.25) is 6.79 Å². The Balaban J connectivity index is 1.97. The SMILES string of the molecule is C[C@H](OC(=O)c1cc(Cl)c2c(c1)OCO2)C(=O)NC(=O)NC(C)(C)C. The van der Waals surface area contributed by atoms with Crippen LogP contribution in [0.1, 0.15) is 38.1 Å². The number of carbonyl (C=O) groups is 3. The number of nitrogens with one attached hydrogen (secondary N) is 2. The van der Waals surface area contributed by atoms with Crippen LogP contribution in [0.2, 0.25) is 5.02 Å². The Kier molecular flexibility index (Phi) is 5.42. The third-order valence-electron chi connectivity index (χ3n) is 3.04. The topological polar surface area (TPSA) is 103 Å². The number of hydrogen-bond donors (Lipinski definition) is 2. The predicted octanol–water partition coefficient (Wildman–Crippen LogP) is 2.24. The van der Waals surface area contributed by atoms with Crippen molar-refractivity contribution < 1.29 is 28.6 Å². The summed E-state index contributed by atoms with van der Waals surface area (Å²) in [6.07, 6.45) is -1.18. The smallest absolute Gasteiger partial charge is 0.339 e. The zero-order valence-corrected chi connectivity index (χ0v) is 15.0. The lowest BCUT2D eigenvalue weighted by atomic mass is 10.1. The third kappa shape index (κ3) is 4.99. The molecule has 0 saturated heterocycles. The van der Waals surface area contributed by atoms with E-state index in [2.05, 4.69) is 10.6 Å². The summed E-state index contributed by atoms with van der Waals surface area (Å²) in [7, 11) is 0. The molecule has 9 heteroatoms. The molecule has 1 heterocycles. The molecule has 1 atom stereocenters. The normalized spacial score (nSPS) is 13.8. The quantitative estimate of drug-likeness (QED) is 0.791. The van der Waals surface area contributed by atoms with Gasteiger partial charge in [0.05, 0.1) is 10.6 Å². The number of urea groups is 1. The van der Waals surface area contributed by atoms with Gasteiger partial charge in [-0.15, -0.1) is 0 Å². The average molecular weight is 371 g/mol. The number of carbonyl (C=O) groups excluding carboxylic acids is 3. The minimum Gasteiger partial charge on any atom is -0.454 e. The summed E-state index contributed by atoms with van der Waals surface area (Å²) in [5.41, 5.74) is -0.402. The first-order chi connectivity index (χ1) is 11.6. The molecule has 1 aromatic carbocycles. The van der Waals surface area contributed by atoms with Crippen LogP contribution in [0.25, 0.3) is 0 Å². The molecule has 25 heavy (non-hydrogen) atoms. The van der Waals surface area contributed by atoms with E-state index < -0.39 is 29.6 Å². The zero-order valence-electron chi connectivity index (χ0n) is 14.3. The van der Waals surface area contributed by atoms with E-state index in [1.807, 2.05) is 0 Å². The summed E-state index contributed by atoms with van der Waals surface area (Å²) in [5.74, 6) is -0.856. The van der Waals surface area contributed by atoms with Gasteiger partial charge in [-0.2, -0.15) is 0 Å². The molecule has 3 amide bonds. The molecule has 8 nitrogen and oxygen atoms in total. The van der Waals surface area contributed by atoms with E-state index in [0.717, 1.165) is 0 Å². The van der Waals surface area contributed by atoms with E-state index in [1.54, 1.807) is 20.8 Å². The summed E-state index contributed by atoms with van der Waals surface area (Å²) in [6, 6.07) is 2.09. The highest BCUT2D eigenvalue weighted by Crippen LogP contribution is 2.39. The van der Waals surface area contributed by atoms with Crippen LogP contribution >= 0.6 is 11.6 Å². The Labute approximate surface area is 149 Å². The number of rotatable bonds is 3. The molecule has 0 aromatic heterocycles. The Morgan fingerprint density at radius 1 is 1.24 bits per heavy atom. The fourth-order valence-corrected chi connectivity index (χ4v) is 2.22. The van der Waals surface area contributed by atoms with E-state index >= 15 is 0 Å². The summed E-state index contributed by atoms with van der Waals surface area (Å²) in [5, 5.41) is 4.87. The number of amides is 3. The molecule has 0 spiro atoms. The lowest BCUT2D eigenvalue weighted by Gasteiger charge is -2.21. The largest absolute Gasteiger partial charge is 0.454 e. The number of imide groups is 1. The second kappa shape index (κ2) is 7.18. The van der Waals surface area contributed by atoms with Crippen molar-refractivity contribution in [2.24, 2.45) is 0 Å². The van der Waals surface area contributed by atoms with Crippen LogP contribution in [-0.2, 0) is 9.53 Å². The van der Waals surface area contributed by atoms with Gasteiger partial charge in [0.15, 0.2) is 17.6 Å². The van der Waals surface area contributed by atoms with E-state index in [4.69, 9.17) is 25.8 Å². The predicted molar refractivity (Wildman–Crippen MR) is 88.9 cm³/mol.